The summed E-state index contributed by atoms with van der Waals surface area (Å²) in [6.45, 7) is 8.53. The zero-order valence-corrected chi connectivity index (χ0v) is 17.1. The maximum atomic E-state index is 12.6. The van der Waals surface area contributed by atoms with Gasteiger partial charge in [-0.1, -0.05) is 29.8 Å². The molecular weight excluding hydrogens is 376 g/mol. The van der Waals surface area contributed by atoms with Crippen molar-refractivity contribution < 1.29 is 9.53 Å². The van der Waals surface area contributed by atoms with Crippen LogP contribution in [0.5, 0.6) is 0 Å². The minimum Gasteiger partial charge on any atom is -0.376 e. The standard InChI is InChI=1S/C21H27ClN4O2/c1-2-26-20-7-12-28-15-17(20)19(23-26)14-24-8-10-25(11-9-24)21(27)13-16-5-3-4-6-18(16)22/h3-6H,2,7-15H2,1H3. The quantitative estimate of drug-likeness (QED) is 0.771. The Balaban J connectivity index is 1.34. The number of carbonyl (C=O) groups excluding carboxylic acids is 1. The molecule has 1 aromatic carbocycles. The van der Waals surface area contributed by atoms with Gasteiger partial charge in [-0.3, -0.25) is 14.4 Å². The van der Waals surface area contributed by atoms with Gasteiger partial charge in [-0.25, -0.2) is 0 Å². The number of carbonyl (C=O) groups is 1. The topological polar surface area (TPSA) is 50.6 Å². The fraction of sp³-hybridized carbons (Fsp3) is 0.524. The van der Waals surface area contributed by atoms with Gasteiger partial charge in [0.15, 0.2) is 0 Å². The molecule has 2 aromatic rings. The molecule has 0 aliphatic carbocycles. The van der Waals surface area contributed by atoms with Gasteiger partial charge in [-0.05, 0) is 18.6 Å². The Bertz CT molecular complexity index is 843. The zero-order chi connectivity index (χ0) is 19.5. The monoisotopic (exact) mass is 402 g/mol. The van der Waals surface area contributed by atoms with E-state index < -0.39 is 0 Å². The number of nitrogens with zero attached hydrogens (tertiary/aromatic N) is 4. The number of piperazine rings is 1. The molecule has 7 heteroatoms. The molecule has 0 radical (unpaired) electrons. The van der Waals surface area contributed by atoms with Crippen molar-refractivity contribution >= 4 is 17.5 Å². The lowest BCUT2D eigenvalue weighted by Crippen LogP contribution is -2.48. The molecule has 150 valence electrons. The van der Waals surface area contributed by atoms with Gasteiger partial charge in [0.05, 0.1) is 25.3 Å². The number of benzene rings is 1. The third kappa shape index (κ3) is 4.09. The summed E-state index contributed by atoms with van der Waals surface area (Å²) in [5, 5.41) is 5.48. The number of fused-ring (bicyclic) bond motifs is 1. The predicted octanol–water partition coefficient (Wildman–Crippen LogP) is 2.52. The summed E-state index contributed by atoms with van der Waals surface area (Å²) in [6, 6.07) is 7.57. The molecule has 6 nitrogen and oxygen atoms in total. The average molecular weight is 403 g/mol. The van der Waals surface area contributed by atoms with Crippen LogP contribution in [0.25, 0.3) is 0 Å². The van der Waals surface area contributed by atoms with Gasteiger partial charge in [-0.15, -0.1) is 0 Å². The van der Waals surface area contributed by atoms with Crippen molar-refractivity contribution in [2.45, 2.75) is 39.5 Å². The number of ether oxygens (including phenoxy) is 1. The van der Waals surface area contributed by atoms with E-state index in [0.29, 0.717) is 18.1 Å². The highest BCUT2D eigenvalue weighted by Crippen LogP contribution is 2.23. The lowest BCUT2D eigenvalue weighted by Gasteiger charge is -2.34. The molecule has 0 bridgehead atoms. The van der Waals surface area contributed by atoms with Gasteiger partial charge in [0.1, 0.15) is 0 Å². The van der Waals surface area contributed by atoms with E-state index in [1.165, 1.54) is 11.3 Å². The lowest BCUT2D eigenvalue weighted by molar-refractivity contribution is -0.132. The van der Waals surface area contributed by atoms with Gasteiger partial charge < -0.3 is 9.64 Å². The highest BCUT2D eigenvalue weighted by molar-refractivity contribution is 6.31. The van der Waals surface area contributed by atoms with Crippen LogP contribution in [-0.4, -0.2) is 58.3 Å². The molecule has 1 fully saturated rings. The van der Waals surface area contributed by atoms with Gasteiger partial charge in [0.2, 0.25) is 5.91 Å². The average Bonchev–Trinajstić information content (AvgIpc) is 3.08. The SMILES string of the molecule is CCn1nc(CN2CCN(C(=O)Cc3ccccc3Cl)CC2)c2c1CCOC2. The highest BCUT2D eigenvalue weighted by Gasteiger charge is 2.25. The summed E-state index contributed by atoms with van der Waals surface area (Å²) in [5.41, 5.74) is 4.63. The largest absolute Gasteiger partial charge is 0.376 e. The molecule has 0 atom stereocenters. The van der Waals surface area contributed by atoms with Crippen molar-refractivity contribution in [3.63, 3.8) is 0 Å². The normalized spacial score (nSPS) is 17.6. The maximum absolute atomic E-state index is 12.6. The number of aryl methyl sites for hydroxylation is 1. The number of hydrogen-bond donors (Lipinski definition) is 0. The molecule has 28 heavy (non-hydrogen) atoms. The molecule has 0 unspecified atom stereocenters. The number of amides is 1. The zero-order valence-electron chi connectivity index (χ0n) is 16.4. The Labute approximate surface area is 171 Å². The first-order valence-corrected chi connectivity index (χ1v) is 10.4. The van der Waals surface area contributed by atoms with Crippen LogP contribution < -0.4 is 0 Å². The Hall–Kier alpha value is -1.89. The molecular formula is C21H27ClN4O2. The Morgan fingerprint density at radius 3 is 2.75 bits per heavy atom. The van der Waals surface area contributed by atoms with E-state index in [1.807, 2.05) is 29.2 Å². The molecule has 2 aliphatic rings. The highest BCUT2D eigenvalue weighted by atomic mass is 35.5. The molecule has 3 heterocycles. The van der Waals surface area contributed by atoms with E-state index in [9.17, 15) is 4.79 Å². The summed E-state index contributed by atoms with van der Waals surface area (Å²) in [5.74, 6) is 0.147. The maximum Gasteiger partial charge on any atom is 0.227 e. The van der Waals surface area contributed by atoms with Crippen LogP contribution in [0.1, 0.15) is 29.4 Å². The van der Waals surface area contributed by atoms with Crippen LogP contribution in [-0.2, 0) is 42.1 Å². The Morgan fingerprint density at radius 2 is 2.00 bits per heavy atom. The number of rotatable bonds is 5. The van der Waals surface area contributed by atoms with Crippen molar-refractivity contribution in [1.82, 2.24) is 19.6 Å². The lowest BCUT2D eigenvalue weighted by atomic mass is 10.1. The van der Waals surface area contributed by atoms with Gasteiger partial charge in [0, 0.05) is 62.0 Å². The molecule has 1 saturated heterocycles. The van der Waals surface area contributed by atoms with Crippen molar-refractivity contribution in [2.75, 3.05) is 32.8 Å². The first kappa shape index (κ1) is 19.4. The second-order valence-corrected chi connectivity index (χ2v) is 7.82. The van der Waals surface area contributed by atoms with Crippen LogP contribution in [0.15, 0.2) is 24.3 Å². The Morgan fingerprint density at radius 1 is 1.21 bits per heavy atom. The van der Waals surface area contributed by atoms with Crippen LogP contribution in [0.3, 0.4) is 0 Å². The van der Waals surface area contributed by atoms with Gasteiger partial charge in [-0.2, -0.15) is 5.10 Å². The first-order chi connectivity index (χ1) is 13.7. The summed E-state index contributed by atoms with van der Waals surface area (Å²) >= 11 is 6.19. The van der Waals surface area contributed by atoms with E-state index in [1.54, 1.807) is 0 Å². The van der Waals surface area contributed by atoms with Crippen LogP contribution >= 0.6 is 11.6 Å². The second kappa shape index (κ2) is 8.64. The summed E-state index contributed by atoms with van der Waals surface area (Å²) in [4.78, 5) is 17.0. The summed E-state index contributed by atoms with van der Waals surface area (Å²) < 4.78 is 7.78. The fourth-order valence-corrected chi connectivity index (χ4v) is 4.25. The van der Waals surface area contributed by atoms with Crippen LogP contribution in [0, 0.1) is 0 Å². The van der Waals surface area contributed by atoms with E-state index in [-0.39, 0.29) is 5.91 Å². The molecule has 2 aliphatic heterocycles. The van der Waals surface area contributed by atoms with Crippen molar-refractivity contribution in [3.05, 3.63) is 51.8 Å². The number of aromatic nitrogens is 2. The molecule has 4 rings (SSSR count). The summed E-state index contributed by atoms with van der Waals surface area (Å²) in [6.07, 6.45) is 1.31. The van der Waals surface area contributed by atoms with Crippen molar-refractivity contribution in [1.29, 1.82) is 0 Å². The fourth-order valence-electron chi connectivity index (χ4n) is 4.05. The van der Waals surface area contributed by atoms with E-state index >= 15 is 0 Å². The Kier molecular flexibility index (Phi) is 5.99. The van der Waals surface area contributed by atoms with Crippen molar-refractivity contribution in [2.24, 2.45) is 0 Å². The van der Waals surface area contributed by atoms with Crippen molar-refractivity contribution in [3.8, 4) is 0 Å². The third-order valence-corrected chi connectivity index (χ3v) is 6.05. The van der Waals surface area contributed by atoms with E-state index in [2.05, 4.69) is 16.5 Å². The molecule has 0 spiro atoms. The predicted molar refractivity (Wildman–Crippen MR) is 108 cm³/mol. The smallest absolute Gasteiger partial charge is 0.227 e. The minimum atomic E-state index is 0.147. The molecule has 0 saturated carbocycles. The van der Waals surface area contributed by atoms with E-state index in [4.69, 9.17) is 21.4 Å². The number of hydrogen-bond acceptors (Lipinski definition) is 4. The van der Waals surface area contributed by atoms with Gasteiger partial charge >= 0.3 is 0 Å². The van der Waals surface area contributed by atoms with E-state index in [0.717, 1.165) is 63.6 Å². The minimum absolute atomic E-state index is 0.147. The number of halogens is 1. The third-order valence-electron chi connectivity index (χ3n) is 5.68. The molecule has 0 N–H and O–H groups in total. The van der Waals surface area contributed by atoms with Crippen LogP contribution in [0.4, 0.5) is 0 Å². The van der Waals surface area contributed by atoms with Crippen LogP contribution in [0.2, 0.25) is 5.02 Å². The molecule has 1 amide bonds. The first-order valence-electron chi connectivity index (χ1n) is 10.0. The summed E-state index contributed by atoms with van der Waals surface area (Å²) in [7, 11) is 0. The molecule has 1 aromatic heterocycles. The van der Waals surface area contributed by atoms with Gasteiger partial charge in [0.25, 0.3) is 0 Å². The second-order valence-electron chi connectivity index (χ2n) is 7.42.